The highest BCUT2D eigenvalue weighted by molar-refractivity contribution is 7.91. The van der Waals surface area contributed by atoms with Gasteiger partial charge in [0, 0.05) is 5.56 Å². The second kappa shape index (κ2) is 4.68. The number of hydrogen-bond acceptors (Lipinski definition) is 4. The Kier molecular flexibility index (Phi) is 3.61. The summed E-state index contributed by atoms with van der Waals surface area (Å²) < 4.78 is 49.8. The fraction of sp³-hybridized carbons (Fsp3) is 0.700. The van der Waals surface area contributed by atoms with Crippen molar-refractivity contribution >= 4 is 21.4 Å². The Balaban J connectivity index is 2.52. The molecule has 1 saturated heterocycles. The first-order valence-electron chi connectivity index (χ1n) is 5.57. The number of hydrogen-bond donors (Lipinski definition) is 1. The van der Waals surface area contributed by atoms with Crippen LogP contribution in [0.2, 0.25) is 5.15 Å². The summed E-state index contributed by atoms with van der Waals surface area (Å²) >= 11 is 5.95. The number of aromatic nitrogens is 2. The van der Waals surface area contributed by atoms with Gasteiger partial charge in [0.1, 0.15) is 10.8 Å². The molecule has 1 fully saturated rings. The smallest absolute Gasteiger partial charge is 0.282 e. The lowest BCUT2D eigenvalue weighted by Gasteiger charge is -2.23. The molecular weight excluding hydrogens is 302 g/mol. The predicted molar refractivity (Wildman–Crippen MR) is 65.0 cm³/mol. The number of nitrogens with zero attached hydrogens (tertiary/aromatic N) is 2. The molecule has 0 amide bonds. The van der Waals surface area contributed by atoms with Gasteiger partial charge in [0.25, 0.3) is 6.43 Å². The first kappa shape index (κ1) is 14.7. The van der Waals surface area contributed by atoms with Crippen LogP contribution in [0.4, 0.5) is 8.78 Å². The van der Waals surface area contributed by atoms with Crippen LogP contribution in [0.25, 0.3) is 0 Å². The van der Waals surface area contributed by atoms with Gasteiger partial charge in [-0.05, 0) is 13.3 Å². The minimum atomic E-state index is -3.22. The molecule has 0 bridgehead atoms. The van der Waals surface area contributed by atoms with Gasteiger partial charge in [0.2, 0.25) is 0 Å². The summed E-state index contributed by atoms with van der Waals surface area (Å²) in [7, 11) is -3.22. The maximum Gasteiger partial charge on any atom is 0.282 e. The normalized spacial score (nSPS) is 26.2. The second-order valence-electron chi connectivity index (χ2n) is 4.86. The lowest BCUT2D eigenvalue weighted by molar-refractivity contribution is 0.139. The van der Waals surface area contributed by atoms with E-state index in [4.69, 9.17) is 16.7 Å². The molecule has 0 radical (unpaired) electrons. The third-order valence-electron chi connectivity index (χ3n) is 3.31. The average Bonchev–Trinajstić information content (AvgIpc) is 2.77. The zero-order chi connectivity index (χ0) is 14.4. The van der Waals surface area contributed by atoms with E-state index in [0.717, 1.165) is 4.68 Å². The molecule has 1 atom stereocenters. The van der Waals surface area contributed by atoms with E-state index in [1.165, 1.54) is 0 Å². The number of aliphatic hydroxyl groups is 1. The third-order valence-corrected chi connectivity index (χ3v) is 5.59. The van der Waals surface area contributed by atoms with Crippen molar-refractivity contribution in [1.29, 1.82) is 0 Å². The minimum absolute atomic E-state index is 0.0296. The summed E-state index contributed by atoms with van der Waals surface area (Å²) in [5, 5.41) is 12.7. The van der Waals surface area contributed by atoms with Gasteiger partial charge >= 0.3 is 0 Å². The second-order valence-corrected chi connectivity index (χ2v) is 7.41. The van der Waals surface area contributed by atoms with Crippen LogP contribution in [0, 0.1) is 0 Å². The molecule has 19 heavy (non-hydrogen) atoms. The van der Waals surface area contributed by atoms with Crippen LogP contribution in [0.15, 0.2) is 0 Å². The summed E-state index contributed by atoms with van der Waals surface area (Å²) in [5.41, 5.74) is -1.70. The SMILES string of the molecule is CC1(n2nc(C(F)F)c(CO)c2Cl)CCS(=O)(=O)C1. The Bertz CT molecular complexity index is 602. The number of halogens is 3. The van der Waals surface area contributed by atoms with Gasteiger partial charge in [-0.2, -0.15) is 5.10 Å². The van der Waals surface area contributed by atoms with Crippen molar-refractivity contribution in [3.8, 4) is 0 Å². The molecule has 108 valence electrons. The Morgan fingerprint density at radius 2 is 2.21 bits per heavy atom. The Labute approximate surface area is 114 Å². The van der Waals surface area contributed by atoms with Crippen LogP contribution in [0.5, 0.6) is 0 Å². The molecular formula is C10H13ClF2N2O3S. The number of alkyl halides is 2. The van der Waals surface area contributed by atoms with Gasteiger partial charge in [-0.25, -0.2) is 21.9 Å². The zero-order valence-electron chi connectivity index (χ0n) is 10.1. The molecule has 2 heterocycles. The molecule has 1 aliphatic heterocycles. The predicted octanol–water partition coefficient (Wildman–Crippen LogP) is 1.50. The van der Waals surface area contributed by atoms with Crippen LogP contribution in [0.1, 0.15) is 31.0 Å². The fourth-order valence-electron chi connectivity index (χ4n) is 2.29. The molecule has 1 N–H and O–H groups in total. The van der Waals surface area contributed by atoms with Crippen molar-refractivity contribution in [2.75, 3.05) is 11.5 Å². The van der Waals surface area contributed by atoms with Crippen molar-refractivity contribution in [3.05, 3.63) is 16.4 Å². The van der Waals surface area contributed by atoms with Gasteiger partial charge in [-0.15, -0.1) is 0 Å². The van der Waals surface area contributed by atoms with Gasteiger partial charge < -0.3 is 5.11 Å². The molecule has 1 aromatic rings. The highest BCUT2D eigenvalue weighted by atomic mass is 35.5. The van der Waals surface area contributed by atoms with E-state index in [9.17, 15) is 17.2 Å². The number of rotatable bonds is 3. The largest absolute Gasteiger partial charge is 0.391 e. The summed E-state index contributed by atoms with van der Waals surface area (Å²) in [6.07, 6.45) is -2.62. The van der Waals surface area contributed by atoms with E-state index in [-0.39, 0.29) is 28.6 Å². The monoisotopic (exact) mass is 314 g/mol. The van der Waals surface area contributed by atoms with Gasteiger partial charge in [-0.3, -0.25) is 0 Å². The Morgan fingerprint density at radius 3 is 2.58 bits per heavy atom. The van der Waals surface area contributed by atoms with E-state index in [0.29, 0.717) is 0 Å². The maximum absolute atomic E-state index is 12.8. The minimum Gasteiger partial charge on any atom is -0.391 e. The standard InChI is InChI=1S/C10H13ClF2N2O3S/c1-10(2-3-19(17,18)5-10)15-8(11)6(4-16)7(14-15)9(12)13/h9,16H,2-5H2,1H3. The highest BCUT2D eigenvalue weighted by Gasteiger charge is 2.43. The van der Waals surface area contributed by atoms with E-state index in [1.807, 2.05) is 0 Å². The van der Waals surface area contributed by atoms with E-state index < -0.39 is 34.1 Å². The summed E-state index contributed by atoms with van der Waals surface area (Å²) in [5.74, 6) is -0.229. The highest BCUT2D eigenvalue weighted by Crippen LogP contribution is 2.37. The van der Waals surface area contributed by atoms with Gasteiger partial charge in [0.05, 0.1) is 23.7 Å². The Morgan fingerprint density at radius 1 is 1.58 bits per heavy atom. The quantitative estimate of drug-likeness (QED) is 0.917. The molecule has 0 aromatic carbocycles. The average molecular weight is 315 g/mol. The lowest BCUT2D eigenvalue weighted by atomic mass is 10.0. The molecule has 1 unspecified atom stereocenters. The molecule has 5 nitrogen and oxygen atoms in total. The first-order valence-corrected chi connectivity index (χ1v) is 7.77. The van der Waals surface area contributed by atoms with Crippen molar-refractivity contribution in [1.82, 2.24) is 9.78 Å². The topological polar surface area (TPSA) is 72.2 Å². The molecule has 1 aromatic heterocycles. The Hall–Kier alpha value is -0.730. The van der Waals surface area contributed by atoms with Gasteiger partial charge in [0.15, 0.2) is 9.84 Å². The van der Waals surface area contributed by atoms with Crippen LogP contribution in [-0.4, -0.2) is 34.8 Å². The lowest BCUT2D eigenvalue weighted by Crippen LogP contribution is -2.32. The number of sulfone groups is 1. The van der Waals surface area contributed by atoms with E-state index in [1.54, 1.807) is 6.92 Å². The van der Waals surface area contributed by atoms with Crippen LogP contribution < -0.4 is 0 Å². The zero-order valence-corrected chi connectivity index (χ0v) is 11.7. The molecule has 0 spiro atoms. The van der Waals surface area contributed by atoms with Crippen molar-refractivity contribution in [2.24, 2.45) is 0 Å². The first-order chi connectivity index (χ1) is 8.70. The fourth-order valence-corrected chi connectivity index (χ4v) is 4.79. The maximum atomic E-state index is 12.8. The van der Waals surface area contributed by atoms with Gasteiger partial charge in [-0.1, -0.05) is 11.6 Å². The van der Waals surface area contributed by atoms with Crippen molar-refractivity contribution in [3.63, 3.8) is 0 Å². The third kappa shape index (κ3) is 2.48. The molecule has 1 aliphatic rings. The van der Waals surface area contributed by atoms with Crippen molar-refractivity contribution < 1.29 is 22.3 Å². The molecule has 2 rings (SSSR count). The van der Waals surface area contributed by atoms with Crippen LogP contribution in [0.3, 0.4) is 0 Å². The summed E-state index contributed by atoms with van der Waals surface area (Å²) in [6.45, 7) is 0.939. The van der Waals surface area contributed by atoms with Crippen molar-refractivity contribution in [2.45, 2.75) is 31.9 Å². The molecule has 0 saturated carbocycles. The molecule has 9 heteroatoms. The van der Waals surface area contributed by atoms with Crippen LogP contribution >= 0.6 is 11.6 Å². The number of aliphatic hydroxyl groups excluding tert-OH is 1. The molecule has 0 aliphatic carbocycles. The summed E-state index contributed by atoms with van der Waals surface area (Å²) in [6, 6.07) is 0. The van der Waals surface area contributed by atoms with E-state index in [2.05, 4.69) is 5.10 Å². The van der Waals surface area contributed by atoms with Crippen LogP contribution in [-0.2, 0) is 22.0 Å². The van der Waals surface area contributed by atoms with E-state index >= 15 is 0 Å². The summed E-state index contributed by atoms with van der Waals surface area (Å²) in [4.78, 5) is 0.